The van der Waals surface area contributed by atoms with Crippen LogP contribution in [0.3, 0.4) is 0 Å². The SMILES string of the molecule is O=c1[nH]c(=O)c2[nH]c(-c3ccccc3)cc2[nH]1. The first-order valence-corrected chi connectivity index (χ1v) is 5.15. The number of nitrogens with one attached hydrogen (secondary N) is 3. The molecular weight excluding hydrogens is 218 g/mol. The fourth-order valence-electron chi connectivity index (χ4n) is 1.82. The van der Waals surface area contributed by atoms with Gasteiger partial charge in [0.25, 0.3) is 5.56 Å². The number of H-pyrrole nitrogens is 3. The maximum atomic E-state index is 11.5. The molecule has 0 aliphatic rings. The minimum Gasteiger partial charge on any atom is -0.349 e. The van der Waals surface area contributed by atoms with E-state index < -0.39 is 11.2 Å². The van der Waals surface area contributed by atoms with E-state index in [0.717, 1.165) is 11.3 Å². The molecule has 1 aromatic carbocycles. The Kier molecular flexibility index (Phi) is 1.98. The quantitative estimate of drug-likeness (QED) is 0.584. The zero-order chi connectivity index (χ0) is 11.8. The zero-order valence-electron chi connectivity index (χ0n) is 8.78. The molecule has 0 saturated heterocycles. The summed E-state index contributed by atoms with van der Waals surface area (Å²) in [5.41, 5.74) is 1.74. The Morgan fingerprint density at radius 1 is 0.882 bits per heavy atom. The van der Waals surface area contributed by atoms with Crippen LogP contribution in [0, 0.1) is 0 Å². The van der Waals surface area contributed by atoms with Gasteiger partial charge in [0, 0.05) is 5.69 Å². The van der Waals surface area contributed by atoms with Gasteiger partial charge in [-0.15, -0.1) is 0 Å². The van der Waals surface area contributed by atoms with Gasteiger partial charge in [0.15, 0.2) is 0 Å². The smallest absolute Gasteiger partial charge is 0.326 e. The normalized spacial score (nSPS) is 10.8. The Labute approximate surface area is 95.1 Å². The second-order valence-electron chi connectivity index (χ2n) is 3.75. The van der Waals surface area contributed by atoms with Crippen LogP contribution in [0.2, 0.25) is 0 Å². The third-order valence-electron chi connectivity index (χ3n) is 2.60. The molecule has 17 heavy (non-hydrogen) atoms. The number of aromatic amines is 3. The molecule has 3 aromatic rings. The average molecular weight is 227 g/mol. The molecule has 0 atom stereocenters. The Balaban J connectivity index is 2.31. The molecule has 5 heteroatoms. The lowest BCUT2D eigenvalue weighted by molar-refractivity contribution is 1.08. The highest BCUT2D eigenvalue weighted by Crippen LogP contribution is 2.19. The molecule has 0 aliphatic carbocycles. The van der Waals surface area contributed by atoms with Crippen LogP contribution in [0.5, 0.6) is 0 Å². The van der Waals surface area contributed by atoms with Crippen molar-refractivity contribution in [3.05, 3.63) is 57.2 Å². The van der Waals surface area contributed by atoms with Crippen molar-refractivity contribution in [1.82, 2.24) is 15.0 Å². The largest absolute Gasteiger partial charge is 0.349 e. The van der Waals surface area contributed by atoms with E-state index >= 15 is 0 Å². The first-order chi connectivity index (χ1) is 8.24. The fraction of sp³-hybridized carbons (Fsp3) is 0. The molecular formula is C12H9N3O2. The predicted molar refractivity (Wildman–Crippen MR) is 65.0 cm³/mol. The summed E-state index contributed by atoms with van der Waals surface area (Å²) in [6.45, 7) is 0. The summed E-state index contributed by atoms with van der Waals surface area (Å²) in [5.74, 6) is 0. The van der Waals surface area contributed by atoms with E-state index in [2.05, 4.69) is 15.0 Å². The predicted octanol–water partition coefficient (Wildman–Crippen LogP) is 1.21. The Hall–Kier alpha value is -2.56. The highest BCUT2D eigenvalue weighted by Gasteiger charge is 2.06. The van der Waals surface area contributed by atoms with Gasteiger partial charge in [-0.05, 0) is 11.6 Å². The van der Waals surface area contributed by atoms with Crippen molar-refractivity contribution in [1.29, 1.82) is 0 Å². The highest BCUT2D eigenvalue weighted by atomic mass is 16.2. The van der Waals surface area contributed by atoms with Gasteiger partial charge in [0.1, 0.15) is 5.52 Å². The topological polar surface area (TPSA) is 81.5 Å². The van der Waals surface area contributed by atoms with Gasteiger partial charge >= 0.3 is 5.69 Å². The van der Waals surface area contributed by atoms with Gasteiger partial charge in [-0.25, -0.2) is 4.79 Å². The summed E-state index contributed by atoms with van der Waals surface area (Å²) in [6.07, 6.45) is 0. The van der Waals surface area contributed by atoms with Crippen molar-refractivity contribution in [2.45, 2.75) is 0 Å². The van der Waals surface area contributed by atoms with Crippen molar-refractivity contribution >= 4 is 11.0 Å². The number of hydrogen-bond donors (Lipinski definition) is 3. The second-order valence-corrected chi connectivity index (χ2v) is 3.75. The summed E-state index contributed by atoms with van der Waals surface area (Å²) >= 11 is 0. The van der Waals surface area contributed by atoms with Crippen molar-refractivity contribution in [2.75, 3.05) is 0 Å². The van der Waals surface area contributed by atoms with E-state index in [-0.39, 0.29) is 0 Å². The molecule has 0 spiro atoms. The lowest BCUT2D eigenvalue weighted by atomic mass is 10.2. The summed E-state index contributed by atoms with van der Waals surface area (Å²) in [7, 11) is 0. The van der Waals surface area contributed by atoms with Gasteiger partial charge in [0.05, 0.1) is 5.52 Å². The van der Waals surface area contributed by atoms with Crippen molar-refractivity contribution in [2.24, 2.45) is 0 Å². The molecule has 0 unspecified atom stereocenters. The number of hydrogen-bond acceptors (Lipinski definition) is 2. The Bertz CT molecular complexity index is 781. The third kappa shape index (κ3) is 1.57. The van der Waals surface area contributed by atoms with Crippen molar-refractivity contribution in [3.8, 4) is 11.3 Å². The van der Waals surface area contributed by atoms with Gasteiger partial charge in [0.2, 0.25) is 0 Å². The van der Waals surface area contributed by atoms with E-state index in [0.29, 0.717) is 11.0 Å². The van der Waals surface area contributed by atoms with Crippen LogP contribution >= 0.6 is 0 Å². The molecule has 0 fully saturated rings. The molecule has 3 N–H and O–H groups in total. The molecule has 0 aliphatic heterocycles. The first kappa shape index (κ1) is 9.65. The van der Waals surface area contributed by atoms with Gasteiger partial charge in [-0.3, -0.25) is 9.78 Å². The zero-order valence-corrected chi connectivity index (χ0v) is 8.78. The van der Waals surface area contributed by atoms with Crippen LogP contribution in [-0.4, -0.2) is 15.0 Å². The molecule has 84 valence electrons. The van der Waals surface area contributed by atoms with Crippen molar-refractivity contribution < 1.29 is 0 Å². The molecule has 2 heterocycles. The minimum atomic E-state index is -0.499. The van der Waals surface area contributed by atoms with E-state index in [1.54, 1.807) is 6.07 Å². The van der Waals surface area contributed by atoms with Gasteiger partial charge in [-0.2, -0.15) is 0 Å². The third-order valence-corrected chi connectivity index (χ3v) is 2.60. The van der Waals surface area contributed by atoms with E-state index in [4.69, 9.17) is 0 Å². The molecule has 0 amide bonds. The fourth-order valence-corrected chi connectivity index (χ4v) is 1.82. The van der Waals surface area contributed by atoms with Crippen LogP contribution in [0.1, 0.15) is 0 Å². The molecule has 5 nitrogen and oxygen atoms in total. The minimum absolute atomic E-state index is 0.378. The number of fused-ring (bicyclic) bond motifs is 1. The highest BCUT2D eigenvalue weighted by molar-refractivity contribution is 5.81. The first-order valence-electron chi connectivity index (χ1n) is 5.15. The lowest BCUT2D eigenvalue weighted by Crippen LogP contribution is -2.21. The second kappa shape index (κ2) is 3.48. The number of rotatable bonds is 1. The Morgan fingerprint density at radius 3 is 2.41 bits per heavy atom. The number of aromatic nitrogens is 3. The van der Waals surface area contributed by atoms with Crippen LogP contribution in [0.15, 0.2) is 46.0 Å². The summed E-state index contributed by atoms with van der Waals surface area (Å²) in [4.78, 5) is 30.4. The van der Waals surface area contributed by atoms with E-state index in [1.807, 2.05) is 30.3 Å². The average Bonchev–Trinajstić information content (AvgIpc) is 2.74. The monoisotopic (exact) mass is 227 g/mol. The van der Waals surface area contributed by atoms with E-state index in [1.165, 1.54) is 0 Å². The standard InChI is InChI=1S/C12H9N3O2/c16-11-10-9(14-12(17)15-11)6-8(13-10)7-4-2-1-3-5-7/h1-6,13H,(H2,14,15,16,17). The van der Waals surface area contributed by atoms with Crippen LogP contribution in [-0.2, 0) is 0 Å². The maximum Gasteiger partial charge on any atom is 0.326 e. The molecule has 2 aromatic heterocycles. The Morgan fingerprint density at radius 2 is 1.65 bits per heavy atom. The summed E-state index contributed by atoms with van der Waals surface area (Å²) in [6, 6.07) is 11.3. The van der Waals surface area contributed by atoms with Gasteiger partial charge < -0.3 is 9.97 Å². The lowest BCUT2D eigenvalue weighted by Gasteiger charge is -1.94. The molecule has 0 bridgehead atoms. The maximum absolute atomic E-state index is 11.5. The molecule has 3 rings (SSSR count). The van der Waals surface area contributed by atoms with Crippen LogP contribution in [0.25, 0.3) is 22.3 Å². The summed E-state index contributed by atoms with van der Waals surface area (Å²) in [5, 5.41) is 0. The van der Waals surface area contributed by atoms with Gasteiger partial charge in [-0.1, -0.05) is 30.3 Å². The van der Waals surface area contributed by atoms with Crippen LogP contribution in [0.4, 0.5) is 0 Å². The molecule has 0 radical (unpaired) electrons. The van der Waals surface area contributed by atoms with Crippen molar-refractivity contribution in [3.63, 3.8) is 0 Å². The van der Waals surface area contributed by atoms with E-state index in [9.17, 15) is 9.59 Å². The number of benzene rings is 1. The van der Waals surface area contributed by atoms with Crippen LogP contribution < -0.4 is 11.2 Å². The molecule has 0 saturated carbocycles. The summed E-state index contributed by atoms with van der Waals surface area (Å²) < 4.78 is 0.